The molecule has 2 atom stereocenters. The number of nitrogens with zero attached hydrogens (tertiary/aromatic N) is 3. The SMILES string of the molecule is CC1CN(S(=O)(=O)c2ccc(Cl)cc2)C(C)N1C(=O)N(C)C. The molecule has 1 aromatic rings. The molecule has 122 valence electrons. The fourth-order valence-electron chi connectivity index (χ4n) is 2.63. The molecule has 22 heavy (non-hydrogen) atoms. The Labute approximate surface area is 136 Å². The van der Waals surface area contributed by atoms with Gasteiger partial charge in [0.2, 0.25) is 10.0 Å². The van der Waals surface area contributed by atoms with Crippen LogP contribution in [-0.4, -0.2) is 61.4 Å². The van der Waals surface area contributed by atoms with Gasteiger partial charge in [-0.3, -0.25) is 0 Å². The molecule has 1 aliphatic heterocycles. The van der Waals surface area contributed by atoms with Crippen LogP contribution in [0.1, 0.15) is 13.8 Å². The maximum absolute atomic E-state index is 12.8. The molecule has 0 saturated carbocycles. The van der Waals surface area contributed by atoms with E-state index in [1.54, 1.807) is 38.1 Å². The van der Waals surface area contributed by atoms with Gasteiger partial charge in [0.25, 0.3) is 0 Å². The average Bonchev–Trinajstić information content (AvgIpc) is 2.74. The summed E-state index contributed by atoms with van der Waals surface area (Å²) in [7, 11) is -0.366. The Bertz CT molecular complexity index is 660. The number of carbonyl (C=O) groups is 1. The van der Waals surface area contributed by atoms with Crippen molar-refractivity contribution >= 4 is 27.7 Å². The summed E-state index contributed by atoms with van der Waals surface area (Å²) in [6.45, 7) is 3.83. The molecular formula is C14H20ClN3O3S. The van der Waals surface area contributed by atoms with Crippen LogP contribution >= 0.6 is 11.6 Å². The van der Waals surface area contributed by atoms with E-state index in [0.717, 1.165) is 0 Å². The first-order valence-electron chi connectivity index (χ1n) is 6.93. The number of hydrogen-bond acceptors (Lipinski definition) is 3. The van der Waals surface area contributed by atoms with Gasteiger partial charge >= 0.3 is 6.03 Å². The highest BCUT2D eigenvalue weighted by atomic mass is 35.5. The fraction of sp³-hybridized carbons (Fsp3) is 0.500. The van der Waals surface area contributed by atoms with Crippen LogP contribution in [0.5, 0.6) is 0 Å². The van der Waals surface area contributed by atoms with Crippen LogP contribution in [0.15, 0.2) is 29.2 Å². The minimum absolute atomic E-state index is 0.176. The summed E-state index contributed by atoms with van der Waals surface area (Å²) in [5, 5.41) is 0.478. The van der Waals surface area contributed by atoms with Crippen molar-refractivity contribution in [1.29, 1.82) is 0 Å². The molecule has 1 aromatic carbocycles. The predicted molar refractivity (Wildman–Crippen MR) is 85.2 cm³/mol. The Morgan fingerprint density at radius 1 is 1.23 bits per heavy atom. The monoisotopic (exact) mass is 345 g/mol. The topological polar surface area (TPSA) is 60.9 Å². The summed E-state index contributed by atoms with van der Waals surface area (Å²) in [4.78, 5) is 15.4. The normalized spacial score (nSPS) is 22.9. The van der Waals surface area contributed by atoms with Gasteiger partial charge in [-0.05, 0) is 38.1 Å². The number of rotatable bonds is 2. The van der Waals surface area contributed by atoms with E-state index >= 15 is 0 Å². The zero-order chi connectivity index (χ0) is 16.7. The van der Waals surface area contributed by atoms with Crippen LogP contribution in [0.3, 0.4) is 0 Å². The van der Waals surface area contributed by atoms with E-state index in [4.69, 9.17) is 11.6 Å². The standard InChI is InChI=1S/C14H20ClN3O3S/c1-10-9-17(11(2)18(10)14(19)16(3)4)22(20,21)13-7-5-12(15)6-8-13/h5-8,10-11H,9H2,1-4H3. The number of sulfonamides is 1. The summed E-state index contributed by atoms with van der Waals surface area (Å²) in [5.41, 5.74) is 0. The number of urea groups is 1. The molecule has 8 heteroatoms. The lowest BCUT2D eigenvalue weighted by Crippen LogP contribution is -2.47. The van der Waals surface area contributed by atoms with Crippen LogP contribution in [0.4, 0.5) is 4.79 Å². The van der Waals surface area contributed by atoms with E-state index in [9.17, 15) is 13.2 Å². The molecule has 0 aliphatic carbocycles. The highest BCUT2D eigenvalue weighted by molar-refractivity contribution is 7.89. The fourth-order valence-corrected chi connectivity index (χ4v) is 4.42. The Hall–Kier alpha value is -1.31. The van der Waals surface area contributed by atoms with Crippen LogP contribution < -0.4 is 0 Å². The average molecular weight is 346 g/mol. The van der Waals surface area contributed by atoms with Crippen molar-refractivity contribution in [2.75, 3.05) is 20.6 Å². The Morgan fingerprint density at radius 3 is 2.27 bits per heavy atom. The summed E-state index contributed by atoms with van der Waals surface area (Å²) in [6, 6.07) is 5.65. The lowest BCUT2D eigenvalue weighted by Gasteiger charge is -2.30. The third kappa shape index (κ3) is 2.93. The molecule has 1 aliphatic rings. The first-order valence-corrected chi connectivity index (χ1v) is 8.75. The third-order valence-corrected chi connectivity index (χ3v) is 5.95. The van der Waals surface area contributed by atoms with Crippen molar-refractivity contribution in [3.63, 3.8) is 0 Å². The largest absolute Gasteiger partial charge is 0.331 e. The molecule has 0 N–H and O–H groups in total. The molecular weight excluding hydrogens is 326 g/mol. The van der Waals surface area contributed by atoms with Gasteiger partial charge in [0, 0.05) is 31.7 Å². The van der Waals surface area contributed by atoms with E-state index in [0.29, 0.717) is 5.02 Å². The lowest BCUT2D eigenvalue weighted by atomic mass is 10.3. The van der Waals surface area contributed by atoms with Gasteiger partial charge in [-0.2, -0.15) is 4.31 Å². The molecule has 1 saturated heterocycles. The van der Waals surface area contributed by atoms with Gasteiger partial charge < -0.3 is 9.80 Å². The third-order valence-electron chi connectivity index (χ3n) is 3.76. The molecule has 0 bridgehead atoms. The minimum Gasteiger partial charge on any atom is -0.331 e. The number of hydrogen-bond donors (Lipinski definition) is 0. The zero-order valence-electron chi connectivity index (χ0n) is 13.0. The van der Waals surface area contributed by atoms with Gasteiger partial charge in [0.05, 0.1) is 11.1 Å². The van der Waals surface area contributed by atoms with Crippen molar-refractivity contribution in [3.05, 3.63) is 29.3 Å². The predicted octanol–water partition coefficient (Wildman–Crippen LogP) is 2.06. The second kappa shape index (κ2) is 6.06. The van der Waals surface area contributed by atoms with Crippen molar-refractivity contribution in [1.82, 2.24) is 14.1 Å². The zero-order valence-corrected chi connectivity index (χ0v) is 14.6. The number of carbonyl (C=O) groups excluding carboxylic acids is 1. The molecule has 1 heterocycles. The number of benzene rings is 1. The molecule has 2 rings (SSSR count). The van der Waals surface area contributed by atoms with Crippen LogP contribution in [-0.2, 0) is 10.0 Å². The van der Waals surface area contributed by atoms with E-state index in [2.05, 4.69) is 0 Å². The smallest absolute Gasteiger partial charge is 0.321 e. The van der Waals surface area contributed by atoms with Crippen molar-refractivity contribution in [2.24, 2.45) is 0 Å². The molecule has 2 amide bonds. The first kappa shape index (κ1) is 17.1. The Balaban J connectivity index is 2.33. The summed E-state index contributed by atoms with van der Waals surface area (Å²) >= 11 is 5.81. The van der Waals surface area contributed by atoms with E-state index < -0.39 is 16.2 Å². The minimum atomic E-state index is -3.67. The molecule has 0 radical (unpaired) electrons. The van der Waals surface area contributed by atoms with Crippen LogP contribution in [0, 0.1) is 0 Å². The van der Waals surface area contributed by atoms with Gasteiger partial charge in [-0.25, -0.2) is 13.2 Å². The van der Waals surface area contributed by atoms with Crippen molar-refractivity contribution in [2.45, 2.75) is 31.0 Å². The Morgan fingerprint density at radius 2 is 1.77 bits per heavy atom. The highest BCUT2D eigenvalue weighted by Crippen LogP contribution is 2.28. The summed E-state index contributed by atoms with van der Waals surface area (Å²) in [6.07, 6.45) is -0.537. The molecule has 0 aromatic heterocycles. The second-order valence-corrected chi connectivity index (χ2v) is 7.92. The van der Waals surface area contributed by atoms with Crippen molar-refractivity contribution in [3.8, 4) is 0 Å². The van der Waals surface area contributed by atoms with Gasteiger partial charge in [0.15, 0.2) is 0 Å². The van der Waals surface area contributed by atoms with Gasteiger partial charge in [0.1, 0.15) is 0 Å². The molecule has 0 spiro atoms. The van der Waals surface area contributed by atoms with E-state index in [1.807, 2.05) is 6.92 Å². The Kier molecular flexibility index (Phi) is 4.70. The van der Waals surface area contributed by atoms with E-state index in [-0.39, 0.29) is 23.5 Å². The molecule has 2 unspecified atom stereocenters. The van der Waals surface area contributed by atoms with Crippen LogP contribution in [0.25, 0.3) is 0 Å². The quantitative estimate of drug-likeness (QED) is 0.824. The summed E-state index contributed by atoms with van der Waals surface area (Å²) in [5.74, 6) is 0. The molecule has 1 fully saturated rings. The van der Waals surface area contributed by atoms with Gasteiger partial charge in [-0.15, -0.1) is 0 Å². The lowest BCUT2D eigenvalue weighted by molar-refractivity contribution is 0.144. The highest BCUT2D eigenvalue weighted by Gasteiger charge is 2.44. The molecule has 6 nitrogen and oxygen atoms in total. The second-order valence-electron chi connectivity index (χ2n) is 5.59. The summed E-state index contributed by atoms with van der Waals surface area (Å²) < 4.78 is 26.9. The van der Waals surface area contributed by atoms with Gasteiger partial charge in [-0.1, -0.05) is 11.6 Å². The maximum Gasteiger partial charge on any atom is 0.321 e. The van der Waals surface area contributed by atoms with Crippen LogP contribution in [0.2, 0.25) is 5.02 Å². The van der Waals surface area contributed by atoms with Crippen molar-refractivity contribution < 1.29 is 13.2 Å². The maximum atomic E-state index is 12.8. The first-order chi connectivity index (χ1) is 10.2. The number of halogens is 1. The van der Waals surface area contributed by atoms with E-state index in [1.165, 1.54) is 21.3 Å². The number of amides is 2.